The van der Waals surface area contributed by atoms with Crippen LogP contribution in [0.4, 0.5) is 0 Å². The molecular weight excluding hydrogens is 384 g/mol. The molecule has 0 unspecified atom stereocenters. The van der Waals surface area contributed by atoms with Crippen LogP contribution in [-0.4, -0.2) is 40.8 Å². The van der Waals surface area contributed by atoms with Crippen LogP contribution in [0.3, 0.4) is 0 Å². The summed E-state index contributed by atoms with van der Waals surface area (Å²) in [7, 11) is 1.70. The summed E-state index contributed by atoms with van der Waals surface area (Å²) in [5.41, 5.74) is 3.24. The fourth-order valence-electron chi connectivity index (χ4n) is 6.06. The number of piperidine rings is 3. The first-order valence-corrected chi connectivity index (χ1v) is 11.3. The average molecular weight is 416 g/mol. The van der Waals surface area contributed by atoms with Crippen molar-refractivity contribution in [2.45, 2.75) is 31.5 Å². The van der Waals surface area contributed by atoms with Crippen LogP contribution in [-0.2, 0) is 6.54 Å². The molecule has 1 aromatic heterocycles. The van der Waals surface area contributed by atoms with E-state index in [1.165, 1.54) is 12.0 Å². The van der Waals surface area contributed by atoms with Gasteiger partial charge in [0.25, 0.3) is 0 Å². The van der Waals surface area contributed by atoms with Crippen LogP contribution >= 0.6 is 0 Å². The first kappa shape index (κ1) is 20.2. The van der Waals surface area contributed by atoms with Crippen molar-refractivity contribution in [3.63, 3.8) is 0 Å². The number of hydrogen-bond acceptors (Lipinski definition) is 3. The molecule has 2 aromatic carbocycles. The van der Waals surface area contributed by atoms with Crippen LogP contribution in [0, 0.1) is 11.8 Å². The second-order valence-electron chi connectivity index (χ2n) is 9.24. The largest absolute Gasteiger partial charge is 0.497 e. The lowest BCUT2D eigenvalue weighted by molar-refractivity contribution is -0.984. The van der Waals surface area contributed by atoms with Crippen molar-refractivity contribution >= 4 is 10.9 Å². The zero-order valence-corrected chi connectivity index (χ0v) is 18.2. The highest BCUT2D eigenvalue weighted by molar-refractivity contribution is 5.82. The van der Waals surface area contributed by atoms with Crippen molar-refractivity contribution in [3.05, 3.63) is 84.6 Å². The molecule has 1 N–H and O–H groups in total. The van der Waals surface area contributed by atoms with E-state index in [1.54, 1.807) is 7.11 Å². The third-order valence-corrected chi connectivity index (χ3v) is 7.70. The maximum atomic E-state index is 11.8. The van der Waals surface area contributed by atoms with Gasteiger partial charge in [-0.25, -0.2) is 0 Å². The highest BCUT2D eigenvalue weighted by Gasteiger charge is 2.53. The summed E-state index contributed by atoms with van der Waals surface area (Å²) in [6, 6.07) is 18.7. The van der Waals surface area contributed by atoms with Crippen molar-refractivity contribution in [2.24, 2.45) is 11.8 Å². The monoisotopic (exact) mass is 415 g/mol. The minimum Gasteiger partial charge on any atom is -0.497 e. The highest BCUT2D eigenvalue weighted by Crippen LogP contribution is 2.48. The maximum Gasteiger partial charge on any atom is 0.131 e. The zero-order valence-electron chi connectivity index (χ0n) is 18.2. The van der Waals surface area contributed by atoms with Crippen molar-refractivity contribution < 1.29 is 14.3 Å². The summed E-state index contributed by atoms with van der Waals surface area (Å²) in [4.78, 5) is 4.50. The summed E-state index contributed by atoms with van der Waals surface area (Å²) in [5.74, 6) is 2.01. The molecule has 3 aliphatic rings. The van der Waals surface area contributed by atoms with Gasteiger partial charge < -0.3 is 14.3 Å². The first-order chi connectivity index (χ1) is 15.1. The van der Waals surface area contributed by atoms with Crippen LogP contribution in [0.25, 0.3) is 10.9 Å². The molecule has 5 atom stereocenters. The number of aromatic nitrogens is 1. The Bertz CT molecular complexity index is 1070. The van der Waals surface area contributed by atoms with Gasteiger partial charge in [-0.2, -0.15) is 0 Å². The lowest BCUT2D eigenvalue weighted by Crippen LogP contribution is -2.67. The Labute approximate surface area is 184 Å². The molecule has 31 heavy (non-hydrogen) atoms. The Kier molecular flexibility index (Phi) is 5.28. The van der Waals surface area contributed by atoms with E-state index in [9.17, 15) is 5.11 Å². The number of aliphatic hydroxyl groups is 1. The van der Waals surface area contributed by atoms with Gasteiger partial charge in [0.05, 0.1) is 25.7 Å². The van der Waals surface area contributed by atoms with E-state index in [-0.39, 0.29) is 6.04 Å². The van der Waals surface area contributed by atoms with E-state index >= 15 is 0 Å². The predicted octanol–water partition coefficient (Wildman–Crippen LogP) is 4.89. The third-order valence-electron chi connectivity index (χ3n) is 7.70. The molecule has 0 radical (unpaired) electrons. The number of fused-ring (bicyclic) bond motifs is 4. The third kappa shape index (κ3) is 3.54. The lowest BCUT2D eigenvalue weighted by Gasteiger charge is -2.58. The minimum atomic E-state index is -0.514. The van der Waals surface area contributed by atoms with E-state index < -0.39 is 6.10 Å². The summed E-state index contributed by atoms with van der Waals surface area (Å²) in [6.45, 7) is 7.21. The van der Waals surface area contributed by atoms with Gasteiger partial charge in [0.2, 0.25) is 0 Å². The number of benzene rings is 2. The van der Waals surface area contributed by atoms with E-state index in [0.29, 0.717) is 11.8 Å². The summed E-state index contributed by atoms with van der Waals surface area (Å²) < 4.78 is 6.26. The standard InChI is InChI=1S/C27H31N2O2/c1-3-20-18-29(17-19-8-10-22(31-2)11-9-19)15-13-21(20)16-26(29)27(30)24-12-14-28-25-7-5-4-6-23(24)25/h3-12,14,20-21,26-27,30H,1,13,15-18H2,2H3/q+1/t20-,21-,26-,27+,29+/m0/s1. The number of rotatable bonds is 6. The molecule has 0 spiro atoms. The van der Waals surface area contributed by atoms with Gasteiger partial charge in [0.1, 0.15) is 24.4 Å². The molecule has 3 saturated heterocycles. The van der Waals surface area contributed by atoms with Crippen molar-refractivity contribution in [1.29, 1.82) is 0 Å². The maximum absolute atomic E-state index is 11.8. The molecule has 0 saturated carbocycles. The van der Waals surface area contributed by atoms with Crippen molar-refractivity contribution in [3.8, 4) is 5.75 Å². The second-order valence-corrected chi connectivity index (χ2v) is 9.24. The smallest absolute Gasteiger partial charge is 0.131 e. The average Bonchev–Trinajstić information content (AvgIpc) is 2.83. The number of methoxy groups -OCH3 is 1. The fraction of sp³-hybridized carbons (Fsp3) is 0.370. The van der Waals surface area contributed by atoms with Crippen molar-refractivity contribution in [1.82, 2.24) is 4.98 Å². The predicted molar refractivity (Wildman–Crippen MR) is 124 cm³/mol. The van der Waals surface area contributed by atoms with Gasteiger partial charge in [0, 0.05) is 35.9 Å². The number of nitrogens with zero attached hydrogens (tertiary/aromatic N) is 2. The normalized spacial score (nSPS) is 28.4. The second kappa shape index (κ2) is 8.10. The highest BCUT2D eigenvalue weighted by atomic mass is 16.5. The number of ether oxygens (including phenoxy) is 1. The topological polar surface area (TPSA) is 42.4 Å². The molecule has 0 aliphatic carbocycles. The number of hydrogen-bond donors (Lipinski definition) is 1. The number of quaternary nitrogens is 1. The van der Waals surface area contributed by atoms with E-state index in [4.69, 9.17) is 4.74 Å². The van der Waals surface area contributed by atoms with E-state index in [0.717, 1.165) is 52.8 Å². The molecule has 4 heteroatoms. The van der Waals surface area contributed by atoms with Gasteiger partial charge in [-0.05, 0) is 47.9 Å². The molecule has 3 aliphatic heterocycles. The molecule has 4 nitrogen and oxygen atoms in total. The van der Waals surface area contributed by atoms with Crippen LogP contribution in [0.15, 0.2) is 73.4 Å². The van der Waals surface area contributed by atoms with Gasteiger partial charge in [-0.3, -0.25) is 4.98 Å². The Hall–Kier alpha value is -2.69. The SMILES string of the molecule is C=C[C@H]1C[N@+]2(Cc3ccc(OC)cc3)CC[C@H]1C[C@H]2[C@H](O)c1ccnc2ccccc12. The molecule has 3 fully saturated rings. The first-order valence-electron chi connectivity index (χ1n) is 11.3. The molecule has 160 valence electrons. The number of aliphatic hydroxyl groups excluding tert-OH is 1. The minimum absolute atomic E-state index is 0.169. The van der Waals surface area contributed by atoms with Gasteiger partial charge in [-0.15, -0.1) is 6.58 Å². The summed E-state index contributed by atoms with van der Waals surface area (Å²) in [5, 5.41) is 12.8. The van der Waals surface area contributed by atoms with E-state index in [2.05, 4.69) is 35.8 Å². The van der Waals surface area contributed by atoms with E-state index in [1.807, 2.05) is 42.6 Å². The van der Waals surface area contributed by atoms with Gasteiger partial charge in [-0.1, -0.05) is 24.3 Å². The Morgan fingerprint density at radius 1 is 1.19 bits per heavy atom. The van der Waals surface area contributed by atoms with Crippen LogP contribution in [0.2, 0.25) is 0 Å². The number of para-hydroxylation sites is 1. The molecule has 2 bridgehead atoms. The van der Waals surface area contributed by atoms with Crippen molar-refractivity contribution in [2.75, 3.05) is 20.2 Å². The van der Waals surface area contributed by atoms with Crippen LogP contribution < -0.4 is 4.74 Å². The molecule has 4 heterocycles. The Morgan fingerprint density at radius 2 is 2.00 bits per heavy atom. The zero-order chi connectivity index (χ0) is 21.4. The molecule has 6 rings (SSSR count). The fourth-order valence-corrected chi connectivity index (χ4v) is 6.06. The number of pyridine rings is 1. The Morgan fingerprint density at radius 3 is 2.77 bits per heavy atom. The quantitative estimate of drug-likeness (QED) is 0.460. The molecular formula is C27H31N2O2+. The van der Waals surface area contributed by atoms with Crippen LogP contribution in [0.5, 0.6) is 5.75 Å². The summed E-state index contributed by atoms with van der Waals surface area (Å²) >= 11 is 0. The van der Waals surface area contributed by atoms with Crippen LogP contribution in [0.1, 0.15) is 30.1 Å². The van der Waals surface area contributed by atoms with Gasteiger partial charge in [0.15, 0.2) is 0 Å². The summed E-state index contributed by atoms with van der Waals surface area (Å²) in [6.07, 6.45) is 5.70. The molecule has 3 aromatic rings. The Balaban J connectivity index is 1.53. The lowest BCUT2D eigenvalue weighted by atomic mass is 9.71. The molecule has 0 amide bonds. The van der Waals surface area contributed by atoms with Gasteiger partial charge >= 0.3 is 0 Å².